The van der Waals surface area contributed by atoms with Crippen LogP contribution in [0.1, 0.15) is 34.9 Å². The van der Waals surface area contributed by atoms with E-state index in [1.165, 1.54) is 16.7 Å². The Bertz CT molecular complexity index is 661. The van der Waals surface area contributed by atoms with Gasteiger partial charge in [0.25, 0.3) is 0 Å². The first kappa shape index (κ1) is 10.8. The van der Waals surface area contributed by atoms with Crippen LogP contribution in [0.5, 0.6) is 0 Å². The summed E-state index contributed by atoms with van der Waals surface area (Å²) in [5, 5.41) is 0. The molecule has 19 heavy (non-hydrogen) atoms. The van der Waals surface area contributed by atoms with Gasteiger partial charge in [0, 0.05) is 11.8 Å². The van der Waals surface area contributed by atoms with Crippen molar-refractivity contribution < 1.29 is 0 Å². The molecule has 0 spiro atoms. The zero-order chi connectivity index (χ0) is 12.7. The van der Waals surface area contributed by atoms with Gasteiger partial charge < -0.3 is 0 Å². The number of fused-ring (bicyclic) bond motifs is 3. The lowest BCUT2D eigenvalue weighted by molar-refractivity contribution is 0.735. The minimum Gasteiger partial charge on any atom is -0.0867 e. The first-order valence-corrected chi connectivity index (χ1v) is 6.95. The van der Waals surface area contributed by atoms with Gasteiger partial charge in [0.15, 0.2) is 0 Å². The van der Waals surface area contributed by atoms with E-state index in [-0.39, 0.29) is 0 Å². The quantitative estimate of drug-likeness (QED) is 0.625. The third-order valence-electron chi connectivity index (χ3n) is 4.31. The van der Waals surface area contributed by atoms with Crippen molar-refractivity contribution in [2.45, 2.75) is 18.3 Å². The summed E-state index contributed by atoms with van der Waals surface area (Å²) in [7, 11) is 0. The molecule has 92 valence electrons. The van der Waals surface area contributed by atoms with E-state index in [1.54, 1.807) is 5.57 Å². The van der Waals surface area contributed by atoms with Crippen LogP contribution in [0.3, 0.4) is 0 Å². The smallest absolute Gasteiger partial charge is 0.0237 e. The maximum atomic E-state index is 2.40. The van der Waals surface area contributed by atoms with E-state index in [1.807, 2.05) is 0 Å². The SMILES string of the molecule is C1=CC(c2ccccc2)C2=Cc3ccccc3C2C1. The third-order valence-corrected chi connectivity index (χ3v) is 4.31. The summed E-state index contributed by atoms with van der Waals surface area (Å²) in [5.41, 5.74) is 5.88. The highest BCUT2D eigenvalue weighted by atomic mass is 14.3. The van der Waals surface area contributed by atoms with Crippen molar-refractivity contribution in [1.29, 1.82) is 0 Å². The molecule has 2 aromatic carbocycles. The van der Waals surface area contributed by atoms with Gasteiger partial charge in [-0.05, 0) is 23.1 Å². The lowest BCUT2D eigenvalue weighted by Gasteiger charge is -2.26. The second-order valence-electron chi connectivity index (χ2n) is 5.38. The fourth-order valence-corrected chi connectivity index (χ4v) is 3.41. The molecule has 0 nitrogen and oxygen atoms in total. The Labute approximate surface area is 114 Å². The van der Waals surface area contributed by atoms with E-state index in [4.69, 9.17) is 0 Å². The van der Waals surface area contributed by atoms with Crippen LogP contribution in [0, 0.1) is 0 Å². The summed E-state index contributed by atoms with van der Waals surface area (Å²) in [5.74, 6) is 1.04. The molecule has 4 rings (SSSR count). The number of allylic oxidation sites excluding steroid dienone is 3. The number of hydrogen-bond acceptors (Lipinski definition) is 0. The molecule has 2 unspecified atom stereocenters. The Morgan fingerprint density at radius 3 is 2.53 bits per heavy atom. The third kappa shape index (κ3) is 1.67. The molecule has 0 fully saturated rings. The van der Waals surface area contributed by atoms with Gasteiger partial charge in [-0.25, -0.2) is 0 Å². The normalized spacial score (nSPS) is 23.7. The van der Waals surface area contributed by atoms with Crippen LogP contribution in [0.4, 0.5) is 0 Å². The summed E-state index contributed by atoms with van der Waals surface area (Å²) >= 11 is 0. The highest BCUT2D eigenvalue weighted by molar-refractivity contribution is 5.70. The van der Waals surface area contributed by atoms with Crippen LogP contribution >= 0.6 is 0 Å². The first-order valence-electron chi connectivity index (χ1n) is 6.95. The molecule has 0 amide bonds. The first-order chi connectivity index (χ1) is 9.43. The molecular formula is C19H16. The summed E-state index contributed by atoms with van der Waals surface area (Å²) in [4.78, 5) is 0. The van der Waals surface area contributed by atoms with E-state index in [9.17, 15) is 0 Å². The number of hydrogen-bond donors (Lipinski definition) is 0. The molecule has 0 saturated carbocycles. The van der Waals surface area contributed by atoms with E-state index >= 15 is 0 Å². The average molecular weight is 244 g/mol. The monoisotopic (exact) mass is 244 g/mol. The molecule has 2 aliphatic rings. The highest BCUT2D eigenvalue weighted by Gasteiger charge is 2.31. The van der Waals surface area contributed by atoms with Gasteiger partial charge in [-0.15, -0.1) is 0 Å². The standard InChI is InChI=1S/C19H16/c1-2-7-14(8-3-1)16-11-6-12-18-17-10-5-4-9-15(17)13-19(16)18/h1-11,13,16,18H,12H2. The minimum absolute atomic E-state index is 0.451. The van der Waals surface area contributed by atoms with Gasteiger partial charge in [0.2, 0.25) is 0 Å². The molecule has 2 aliphatic carbocycles. The second-order valence-corrected chi connectivity index (χ2v) is 5.38. The van der Waals surface area contributed by atoms with Gasteiger partial charge in [-0.1, -0.05) is 78.4 Å². The molecule has 2 atom stereocenters. The molecule has 0 radical (unpaired) electrons. The Hall–Kier alpha value is -2.08. The lowest BCUT2D eigenvalue weighted by Crippen LogP contribution is -2.09. The predicted octanol–water partition coefficient (Wildman–Crippen LogP) is 4.91. The Morgan fingerprint density at radius 1 is 0.842 bits per heavy atom. The second kappa shape index (κ2) is 4.24. The van der Waals surface area contributed by atoms with Crippen molar-refractivity contribution in [2.24, 2.45) is 0 Å². The van der Waals surface area contributed by atoms with Crippen LogP contribution in [0.15, 0.2) is 72.3 Å². The number of benzene rings is 2. The fraction of sp³-hybridized carbons (Fsp3) is 0.158. The van der Waals surface area contributed by atoms with E-state index in [0.717, 1.165) is 6.42 Å². The van der Waals surface area contributed by atoms with Crippen LogP contribution in [0.25, 0.3) is 6.08 Å². The molecule has 0 N–H and O–H groups in total. The topological polar surface area (TPSA) is 0 Å². The van der Waals surface area contributed by atoms with Crippen LogP contribution in [-0.4, -0.2) is 0 Å². The number of rotatable bonds is 1. The molecule has 2 aromatic rings. The van der Waals surface area contributed by atoms with Gasteiger partial charge in [-0.2, -0.15) is 0 Å². The van der Waals surface area contributed by atoms with Crippen LogP contribution in [-0.2, 0) is 0 Å². The minimum atomic E-state index is 0.451. The summed E-state index contributed by atoms with van der Waals surface area (Å²) in [6, 6.07) is 19.6. The maximum absolute atomic E-state index is 2.40. The van der Waals surface area contributed by atoms with Crippen molar-refractivity contribution in [3.63, 3.8) is 0 Å². The maximum Gasteiger partial charge on any atom is 0.0237 e. The lowest BCUT2D eigenvalue weighted by atomic mass is 9.78. The van der Waals surface area contributed by atoms with Crippen molar-refractivity contribution in [3.05, 3.63) is 89.0 Å². The fourth-order valence-electron chi connectivity index (χ4n) is 3.41. The van der Waals surface area contributed by atoms with Gasteiger partial charge in [0.05, 0.1) is 0 Å². The van der Waals surface area contributed by atoms with E-state index in [0.29, 0.717) is 11.8 Å². The summed E-state index contributed by atoms with van der Waals surface area (Å²) < 4.78 is 0. The van der Waals surface area contributed by atoms with E-state index in [2.05, 4.69) is 72.8 Å². The molecule has 0 bridgehead atoms. The highest BCUT2D eigenvalue weighted by Crippen LogP contribution is 2.48. The molecule has 0 aromatic heterocycles. The largest absolute Gasteiger partial charge is 0.0867 e. The molecule has 0 aliphatic heterocycles. The average Bonchev–Trinajstić information content (AvgIpc) is 2.87. The molecular weight excluding hydrogens is 228 g/mol. The van der Waals surface area contributed by atoms with Gasteiger partial charge >= 0.3 is 0 Å². The van der Waals surface area contributed by atoms with Crippen LogP contribution in [0.2, 0.25) is 0 Å². The molecule has 0 heteroatoms. The Balaban J connectivity index is 1.81. The van der Waals surface area contributed by atoms with E-state index < -0.39 is 0 Å². The summed E-state index contributed by atoms with van der Waals surface area (Å²) in [6.07, 6.45) is 8.26. The van der Waals surface area contributed by atoms with Crippen LogP contribution < -0.4 is 0 Å². The van der Waals surface area contributed by atoms with Gasteiger partial charge in [-0.3, -0.25) is 0 Å². The Kier molecular flexibility index (Phi) is 2.41. The van der Waals surface area contributed by atoms with Crippen molar-refractivity contribution in [2.75, 3.05) is 0 Å². The molecule has 0 heterocycles. The summed E-state index contributed by atoms with van der Waals surface area (Å²) in [6.45, 7) is 0. The Morgan fingerprint density at radius 2 is 1.63 bits per heavy atom. The molecule has 0 saturated heterocycles. The van der Waals surface area contributed by atoms with Crippen molar-refractivity contribution >= 4 is 6.08 Å². The zero-order valence-corrected chi connectivity index (χ0v) is 10.8. The van der Waals surface area contributed by atoms with Crippen molar-refractivity contribution in [1.82, 2.24) is 0 Å². The van der Waals surface area contributed by atoms with Gasteiger partial charge in [0.1, 0.15) is 0 Å². The predicted molar refractivity (Wildman–Crippen MR) is 80.1 cm³/mol. The van der Waals surface area contributed by atoms with Crippen molar-refractivity contribution in [3.8, 4) is 0 Å². The zero-order valence-electron chi connectivity index (χ0n) is 10.8.